The summed E-state index contributed by atoms with van der Waals surface area (Å²) in [5, 5.41) is 15.2. The molecule has 10 heteroatoms. The van der Waals surface area contributed by atoms with Crippen molar-refractivity contribution >= 4 is 40.9 Å². The molecule has 7 nitrogen and oxygen atoms in total. The Morgan fingerprint density at radius 2 is 1.85 bits per heavy atom. The van der Waals surface area contributed by atoms with Gasteiger partial charge in [0.2, 0.25) is 5.91 Å². The number of hydrogen-bond acceptors (Lipinski definition) is 5. The standard InChI is InChI=1S/C23H25ClFN5O2S/c1-13(2)20(27-22(32)15-6-8-16(24)9-7-15)21-28-29-23(30(21)4)33-12-19(31)26-18-11-17(25)10-5-14(18)3/h5-11,13,20H,12H2,1-4H3,(H,26,31)(H,27,32)/t20-/m1/s1. The van der Waals surface area contributed by atoms with E-state index < -0.39 is 5.82 Å². The van der Waals surface area contributed by atoms with E-state index in [1.165, 1.54) is 23.9 Å². The second kappa shape index (κ2) is 10.8. The molecule has 0 aliphatic heterocycles. The molecule has 0 unspecified atom stereocenters. The van der Waals surface area contributed by atoms with E-state index in [-0.39, 0.29) is 29.5 Å². The fourth-order valence-electron chi connectivity index (χ4n) is 3.12. The first-order chi connectivity index (χ1) is 15.7. The Labute approximate surface area is 201 Å². The lowest BCUT2D eigenvalue weighted by Gasteiger charge is -2.21. The maximum atomic E-state index is 13.4. The number of benzene rings is 2. The third-order valence-electron chi connectivity index (χ3n) is 5.01. The highest BCUT2D eigenvalue weighted by atomic mass is 35.5. The molecule has 0 bridgehead atoms. The van der Waals surface area contributed by atoms with Crippen LogP contribution in [0.5, 0.6) is 0 Å². The van der Waals surface area contributed by atoms with Crippen LogP contribution < -0.4 is 10.6 Å². The molecule has 2 N–H and O–H groups in total. The van der Waals surface area contributed by atoms with Crippen LogP contribution in [0.25, 0.3) is 0 Å². The number of thioether (sulfide) groups is 1. The zero-order valence-electron chi connectivity index (χ0n) is 18.7. The minimum absolute atomic E-state index is 0.0428. The number of aryl methyl sites for hydroxylation is 1. The van der Waals surface area contributed by atoms with Crippen LogP contribution in [0.3, 0.4) is 0 Å². The zero-order valence-corrected chi connectivity index (χ0v) is 20.3. The van der Waals surface area contributed by atoms with Crippen molar-refractivity contribution in [1.29, 1.82) is 0 Å². The summed E-state index contributed by atoms with van der Waals surface area (Å²) in [6.45, 7) is 5.74. The van der Waals surface area contributed by atoms with Crippen molar-refractivity contribution in [3.05, 3.63) is 70.3 Å². The largest absolute Gasteiger partial charge is 0.342 e. The van der Waals surface area contributed by atoms with E-state index in [9.17, 15) is 14.0 Å². The quantitative estimate of drug-likeness (QED) is 0.445. The molecule has 0 radical (unpaired) electrons. The highest BCUT2D eigenvalue weighted by molar-refractivity contribution is 7.99. The number of carbonyl (C=O) groups is 2. The summed E-state index contributed by atoms with van der Waals surface area (Å²) < 4.78 is 15.2. The summed E-state index contributed by atoms with van der Waals surface area (Å²) in [6.07, 6.45) is 0. The summed E-state index contributed by atoms with van der Waals surface area (Å²) in [5.41, 5.74) is 1.70. The smallest absolute Gasteiger partial charge is 0.251 e. The van der Waals surface area contributed by atoms with E-state index in [1.807, 2.05) is 13.8 Å². The number of amides is 2. The number of anilines is 1. The SMILES string of the molecule is Cc1ccc(F)cc1NC(=O)CSc1nnc([C@H](NC(=O)c2ccc(Cl)cc2)C(C)C)n1C. The van der Waals surface area contributed by atoms with Crippen molar-refractivity contribution in [3.63, 3.8) is 0 Å². The van der Waals surface area contributed by atoms with Crippen LogP contribution in [0, 0.1) is 18.7 Å². The summed E-state index contributed by atoms with van der Waals surface area (Å²) in [7, 11) is 1.79. The molecule has 3 aromatic rings. The molecule has 1 aromatic heterocycles. The van der Waals surface area contributed by atoms with E-state index in [2.05, 4.69) is 20.8 Å². The van der Waals surface area contributed by atoms with Crippen molar-refractivity contribution in [2.24, 2.45) is 13.0 Å². The highest BCUT2D eigenvalue weighted by Gasteiger charge is 2.25. The molecule has 0 aliphatic carbocycles. The number of hydrogen-bond donors (Lipinski definition) is 2. The number of aromatic nitrogens is 3. The lowest BCUT2D eigenvalue weighted by atomic mass is 10.0. The summed E-state index contributed by atoms with van der Waals surface area (Å²) in [5.74, 6) is -0.243. The Balaban J connectivity index is 1.67. The predicted octanol–water partition coefficient (Wildman–Crippen LogP) is 4.77. The van der Waals surface area contributed by atoms with Gasteiger partial charge in [0.05, 0.1) is 11.8 Å². The van der Waals surface area contributed by atoms with Gasteiger partial charge in [-0.2, -0.15) is 0 Å². The number of nitrogens with zero attached hydrogens (tertiary/aromatic N) is 3. The lowest BCUT2D eigenvalue weighted by molar-refractivity contribution is -0.113. The fourth-order valence-corrected chi connectivity index (χ4v) is 3.97. The van der Waals surface area contributed by atoms with Gasteiger partial charge in [-0.25, -0.2) is 4.39 Å². The van der Waals surface area contributed by atoms with E-state index in [4.69, 9.17) is 11.6 Å². The van der Waals surface area contributed by atoms with E-state index in [1.54, 1.807) is 48.9 Å². The van der Waals surface area contributed by atoms with Crippen molar-refractivity contribution in [3.8, 4) is 0 Å². The van der Waals surface area contributed by atoms with Crippen molar-refractivity contribution in [1.82, 2.24) is 20.1 Å². The van der Waals surface area contributed by atoms with Gasteiger partial charge in [0.25, 0.3) is 5.91 Å². The molecule has 0 aliphatic rings. The van der Waals surface area contributed by atoms with Gasteiger partial charge in [0.1, 0.15) is 5.82 Å². The third kappa shape index (κ3) is 6.33. The third-order valence-corrected chi connectivity index (χ3v) is 6.28. The molecule has 0 spiro atoms. The van der Waals surface area contributed by atoms with Gasteiger partial charge in [-0.1, -0.05) is 43.3 Å². The molecule has 0 saturated carbocycles. The van der Waals surface area contributed by atoms with Crippen LogP contribution >= 0.6 is 23.4 Å². The van der Waals surface area contributed by atoms with Crippen LogP contribution in [-0.2, 0) is 11.8 Å². The van der Waals surface area contributed by atoms with Gasteiger partial charge in [-0.15, -0.1) is 10.2 Å². The van der Waals surface area contributed by atoms with Crippen LogP contribution in [0.2, 0.25) is 5.02 Å². The Hall–Kier alpha value is -2.91. The van der Waals surface area contributed by atoms with Crippen molar-refractivity contribution in [2.45, 2.75) is 32.0 Å². The van der Waals surface area contributed by atoms with Crippen LogP contribution in [0.15, 0.2) is 47.6 Å². The average molecular weight is 490 g/mol. The van der Waals surface area contributed by atoms with Gasteiger partial charge >= 0.3 is 0 Å². The molecular formula is C23H25ClFN5O2S. The second-order valence-electron chi connectivity index (χ2n) is 7.90. The Bertz CT molecular complexity index is 1150. The minimum atomic E-state index is -0.415. The highest BCUT2D eigenvalue weighted by Crippen LogP contribution is 2.25. The fraction of sp³-hybridized carbons (Fsp3) is 0.304. The van der Waals surface area contributed by atoms with Gasteiger partial charge in [-0.05, 0) is 54.8 Å². The molecule has 1 heterocycles. The number of carbonyl (C=O) groups excluding carboxylic acids is 2. The lowest BCUT2D eigenvalue weighted by Crippen LogP contribution is -2.33. The Morgan fingerprint density at radius 3 is 2.52 bits per heavy atom. The first kappa shape index (κ1) is 24.7. The minimum Gasteiger partial charge on any atom is -0.342 e. The first-order valence-electron chi connectivity index (χ1n) is 10.3. The molecule has 1 atom stereocenters. The topological polar surface area (TPSA) is 88.9 Å². The van der Waals surface area contributed by atoms with E-state index in [0.29, 0.717) is 27.3 Å². The van der Waals surface area contributed by atoms with Crippen molar-refractivity contribution in [2.75, 3.05) is 11.1 Å². The van der Waals surface area contributed by atoms with Gasteiger partial charge in [0, 0.05) is 23.3 Å². The van der Waals surface area contributed by atoms with Gasteiger partial charge < -0.3 is 15.2 Å². The summed E-state index contributed by atoms with van der Waals surface area (Å²) in [4.78, 5) is 25.1. The molecule has 3 rings (SSSR count). The monoisotopic (exact) mass is 489 g/mol. The summed E-state index contributed by atoms with van der Waals surface area (Å²) in [6, 6.07) is 10.5. The average Bonchev–Trinajstić information content (AvgIpc) is 3.13. The second-order valence-corrected chi connectivity index (χ2v) is 9.28. The van der Waals surface area contributed by atoms with Gasteiger partial charge in [-0.3, -0.25) is 9.59 Å². The van der Waals surface area contributed by atoms with Crippen LogP contribution in [0.4, 0.5) is 10.1 Å². The maximum absolute atomic E-state index is 13.4. The van der Waals surface area contributed by atoms with Crippen molar-refractivity contribution < 1.29 is 14.0 Å². The van der Waals surface area contributed by atoms with Gasteiger partial charge in [0.15, 0.2) is 11.0 Å². The first-order valence-corrected chi connectivity index (χ1v) is 11.7. The molecule has 0 saturated heterocycles. The summed E-state index contributed by atoms with van der Waals surface area (Å²) >= 11 is 7.11. The molecule has 2 aromatic carbocycles. The Kier molecular flexibility index (Phi) is 8.10. The van der Waals surface area contributed by atoms with Crippen LogP contribution in [0.1, 0.15) is 41.6 Å². The maximum Gasteiger partial charge on any atom is 0.251 e. The van der Waals surface area contributed by atoms with Crippen LogP contribution in [-0.4, -0.2) is 32.3 Å². The number of halogens is 2. The normalized spacial score (nSPS) is 12.0. The number of rotatable bonds is 8. The number of nitrogens with one attached hydrogen (secondary N) is 2. The molecule has 2 amide bonds. The predicted molar refractivity (Wildman–Crippen MR) is 128 cm³/mol. The molecule has 33 heavy (non-hydrogen) atoms. The Morgan fingerprint density at radius 1 is 1.15 bits per heavy atom. The molecular weight excluding hydrogens is 465 g/mol. The molecule has 174 valence electrons. The van der Waals surface area contributed by atoms with E-state index >= 15 is 0 Å². The van der Waals surface area contributed by atoms with E-state index in [0.717, 1.165) is 5.56 Å². The molecule has 0 fully saturated rings. The zero-order chi connectivity index (χ0) is 24.1.